The molecule has 13 nitrogen and oxygen atoms in total. The fourth-order valence-corrected chi connectivity index (χ4v) is 5.89. The summed E-state index contributed by atoms with van der Waals surface area (Å²) in [5, 5.41) is 17.8. The topological polar surface area (TPSA) is 180 Å². The summed E-state index contributed by atoms with van der Waals surface area (Å²) in [7, 11) is 0. The molecular formula is C23H23N8O5S2+. The van der Waals surface area contributed by atoms with Crippen molar-refractivity contribution in [2.45, 2.75) is 31.5 Å². The van der Waals surface area contributed by atoms with E-state index in [0.717, 1.165) is 16.9 Å². The van der Waals surface area contributed by atoms with Gasteiger partial charge in [0.15, 0.2) is 36.4 Å². The highest BCUT2D eigenvalue weighted by Crippen LogP contribution is 2.40. The summed E-state index contributed by atoms with van der Waals surface area (Å²) in [5.74, 6) is -2.01. The van der Waals surface area contributed by atoms with Crippen LogP contribution in [-0.2, 0) is 32.4 Å². The van der Waals surface area contributed by atoms with Crippen molar-refractivity contribution in [1.82, 2.24) is 25.2 Å². The van der Waals surface area contributed by atoms with E-state index < -0.39 is 29.2 Å². The summed E-state index contributed by atoms with van der Waals surface area (Å²) in [4.78, 5) is 55.9. The van der Waals surface area contributed by atoms with Crippen molar-refractivity contribution >= 4 is 51.7 Å². The number of nitrogens with zero attached hydrogens (tertiary/aromatic N) is 5. The lowest BCUT2D eigenvalue weighted by Crippen LogP contribution is -2.71. The molecule has 2 atom stereocenters. The number of aromatic amines is 1. The molecular weight excluding hydrogens is 532 g/mol. The van der Waals surface area contributed by atoms with E-state index >= 15 is 0 Å². The number of imidazole rings is 1. The fourth-order valence-electron chi connectivity index (χ4n) is 4.00. The van der Waals surface area contributed by atoms with Gasteiger partial charge in [0.1, 0.15) is 22.8 Å². The third-order valence-electron chi connectivity index (χ3n) is 5.88. The maximum atomic E-state index is 13.2. The van der Waals surface area contributed by atoms with Crippen LogP contribution < -0.4 is 15.6 Å². The second kappa shape index (κ2) is 10.6. The number of thioether (sulfide) groups is 1. The first-order valence-corrected chi connectivity index (χ1v) is 13.3. The Hall–Kier alpha value is -4.24. The molecule has 15 heteroatoms. The molecule has 5 N–H and O–H groups in total. The maximum Gasteiger partial charge on any atom is 0.352 e. The van der Waals surface area contributed by atoms with E-state index in [-0.39, 0.29) is 28.8 Å². The lowest BCUT2D eigenvalue weighted by atomic mass is 10.0. The van der Waals surface area contributed by atoms with Gasteiger partial charge in [-0.3, -0.25) is 14.5 Å². The van der Waals surface area contributed by atoms with Crippen LogP contribution in [0.3, 0.4) is 0 Å². The molecule has 2 aliphatic heterocycles. The highest BCUT2D eigenvalue weighted by molar-refractivity contribution is 8.00. The number of nitrogen functional groups attached to an aromatic ring is 1. The van der Waals surface area contributed by atoms with Crippen molar-refractivity contribution in [3.8, 4) is 0 Å². The van der Waals surface area contributed by atoms with Crippen molar-refractivity contribution in [3.05, 3.63) is 70.7 Å². The van der Waals surface area contributed by atoms with Gasteiger partial charge >= 0.3 is 5.97 Å². The van der Waals surface area contributed by atoms with Crippen molar-refractivity contribution in [3.63, 3.8) is 0 Å². The van der Waals surface area contributed by atoms with Crippen LogP contribution >= 0.6 is 23.1 Å². The Labute approximate surface area is 224 Å². The van der Waals surface area contributed by atoms with Crippen molar-refractivity contribution in [2.75, 3.05) is 11.5 Å². The number of H-pyrrole nitrogens is 1. The van der Waals surface area contributed by atoms with Crippen LogP contribution in [0.4, 0.5) is 5.13 Å². The molecule has 5 rings (SSSR count). The molecule has 3 aromatic heterocycles. The van der Waals surface area contributed by atoms with Crippen molar-refractivity contribution < 1.29 is 28.9 Å². The van der Waals surface area contributed by atoms with E-state index in [9.17, 15) is 19.5 Å². The number of aromatic nitrogens is 4. The van der Waals surface area contributed by atoms with Crippen LogP contribution in [0.15, 0.2) is 58.9 Å². The molecule has 0 spiro atoms. The molecule has 196 valence electrons. The second-order valence-corrected chi connectivity index (χ2v) is 10.5. The smallest absolute Gasteiger partial charge is 0.352 e. The quantitative estimate of drug-likeness (QED) is 0.126. The molecule has 2 aliphatic rings. The van der Waals surface area contributed by atoms with Crippen LogP contribution in [0, 0.1) is 6.92 Å². The number of β-lactam (4-membered cyclic amide) rings is 1. The van der Waals surface area contributed by atoms with Gasteiger partial charge < -0.3 is 26.0 Å². The number of carboxylic acid groups (broad SMARTS) is 1. The van der Waals surface area contributed by atoms with Gasteiger partial charge in [0.25, 0.3) is 11.8 Å². The number of nitrogens with two attached hydrogens (primary N) is 1. The zero-order chi connectivity index (χ0) is 26.8. The van der Waals surface area contributed by atoms with Gasteiger partial charge in [-0.05, 0) is 12.5 Å². The number of hydrogen-bond acceptors (Lipinski definition) is 10. The van der Waals surface area contributed by atoms with Gasteiger partial charge in [-0.1, -0.05) is 5.16 Å². The average molecular weight is 556 g/mol. The van der Waals surface area contributed by atoms with Crippen LogP contribution in [0.2, 0.25) is 0 Å². The molecule has 38 heavy (non-hydrogen) atoms. The molecule has 0 aromatic carbocycles. The number of carbonyl (C=O) groups excluding carboxylic acids is 2. The number of carbonyl (C=O) groups is 3. The number of oxime groups is 1. The van der Waals surface area contributed by atoms with Gasteiger partial charge in [0, 0.05) is 28.8 Å². The first-order chi connectivity index (χ1) is 18.3. The zero-order valence-corrected chi connectivity index (χ0v) is 21.7. The number of anilines is 1. The van der Waals surface area contributed by atoms with Gasteiger partial charge in [-0.25, -0.2) is 19.3 Å². The fraction of sp³-hybridized carbons (Fsp3) is 0.261. The Morgan fingerprint density at radius 2 is 2.18 bits per heavy atom. The Kier molecular flexibility index (Phi) is 7.11. The van der Waals surface area contributed by atoms with E-state index in [1.54, 1.807) is 11.6 Å². The molecule has 5 heterocycles. The van der Waals surface area contributed by atoms with E-state index in [2.05, 4.69) is 25.4 Å². The first-order valence-electron chi connectivity index (χ1n) is 11.4. The lowest BCUT2D eigenvalue weighted by molar-refractivity contribution is -0.689. The number of fused-ring (bicyclic) bond motifs is 1. The normalized spacial score (nSPS) is 19.1. The predicted octanol–water partition coefficient (Wildman–Crippen LogP) is 0.404. The van der Waals surface area contributed by atoms with Crippen molar-refractivity contribution in [2.24, 2.45) is 5.16 Å². The number of pyridine rings is 1. The number of thiazole rings is 1. The largest absolute Gasteiger partial charge is 0.477 e. The average Bonchev–Trinajstić information content (AvgIpc) is 3.57. The Morgan fingerprint density at radius 1 is 1.39 bits per heavy atom. The highest BCUT2D eigenvalue weighted by atomic mass is 32.2. The molecule has 1 saturated heterocycles. The van der Waals surface area contributed by atoms with Gasteiger partial charge in [0.2, 0.25) is 0 Å². The van der Waals surface area contributed by atoms with Crippen LogP contribution in [0.5, 0.6) is 0 Å². The molecule has 2 amide bonds. The molecule has 0 bridgehead atoms. The van der Waals surface area contributed by atoms with Crippen LogP contribution in [0.25, 0.3) is 0 Å². The number of amides is 2. The summed E-state index contributed by atoms with van der Waals surface area (Å²) in [6, 6.07) is 2.91. The third kappa shape index (κ3) is 5.10. The standard InChI is InChI=1S/C23H22N8O5S2/c1-12-2-4-30(5-3-12)7-13-9-37-21-17(20(33)31(21)18(13)22(34)35)28-19(32)16(15-10-38-23(24)27-15)29-36-8-14-6-25-11-26-14/h2-6,10-11,17,21H,7-9H2,1H3,(H4-,24,25,26,27,28,32,34,35)/p+1/b29-16+/t17-,21-/m1/s1. The molecule has 3 aromatic rings. The molecule has 0 radical (unpaired) electrons. The third-order valence-corrected chi connectivity index (χ3v) is 7.89. The summed E-state index contributed by atoms with van der Waals surface area (Å²) < 4.78 is 1.86. The summed E-state index contributed by atoms with van der Waals surface area (Å²) >= 11 is 2.51. The number of rotatable bonds is 9. The number of aliphatic carboxylic acids is 1. The van der Waals surface area contributed by atoms with Crippen LogP contribution in [-0.4, -0.2) is 65.6 Å². The van der Waals surface area contributed by atoms with Gasteiger partial charge in [-0.2, -0.15) is 0 Å². The minimum atomic E-state index is -1.19. The minimum Gasteiger partial charge on any atom is -0.477 e. The summed E-state index contributed by atoms with van der Waals surface area (Å²) in [6.45, 7) is 2.32. The van der Waals surface area contributed by atoms with Gasteiger partial charge in [0.05, 0.1) is 18.2 Å². The van der Waals surface area contributed by atoms with Gasteiger partial charge in [-0.15, -0.1) is 23.1 Å². The number of aryl methyl sites for hydroxylation is 1. The zero-order valence-electron chi connectivity index (χ0n) is 20.0. The molecule has 0 aliphatic carbocycles. The number of nitrogens with one attached hydrogen (secondary N) is 2. The minimum absolute atomic E-state index is 0.0273. The second-order valence-electron chi connectivity index (χ2n) is 8.53. The molecule has 1 fully saturated rings. The van der Waals surface area contributed by atoms with E-state index in [1.807, 2.05) is 36.0 Å². The SMILES string of the molecule is Cc1cc[n+](CC2=C(C(=O)O)N3C(=O)[C@@H](NC(=O)/C(=N/OCc4cnc[nH]4)c4csc(N)n4)[C@H]3SC2)cc1. The van der Waals surface area contributed by atoms with E-state index in [0.29, 0.717) is 23.6 Å². The van der Waals surface area contributed by atoms with E-state index in [1.165, 1.54) is 23.0 Å². The molecule has 0 saturated carbocycles. The van der Waals surface area contributed by atoms with E-state index in [4.69, 9.17) is 10.6 Å². The Morgan fingerprint density at radius 3 is 2.84 bits per heavy atom. The Bertz CT molecular complexity index is 1430. The maximum absolute atomic E-state index is 13.2. The molecule has 0 unspecified atom stereocenters. The Balaban J connectivity index is 1.32. The monoisotopic (exact) mass is 555 g/mol. The number of carboxylic acids is 1. The summed E-state index contributed by atoms with van der Waals surface area (Å²) in [6.07, 6.45) is 6.76. The lowest BCUT2D eigenvalue weighted by Gasteiger charge is -2.49. The first kappa shape index (κ1) is 25.4. The predicted molar refractivity (Wildman–Crippen MR) is 137 cm³/mol. The van der Waals surface area contributed by atoms with Crippen molar-refractivity contribution in [1.29, 1.82) is 0 Å². The highest BCUT2D eigenvalue weighted by Gasteiger charge is 2.54. The number of hydrogen-bond donors (Lipinski definition) is 4. The van der Waals surface area contributed by atoms with Crippen LogP contribution in [0.1, 0.15) is 17.0 Å². The summed E-state index contributed by atoms with van der Waals surface area (Å²) in [5.41, 5.74) is 8.04.